The van der Waals surface area contributed by atoms with E-state index in [1.165, 1.54) is 11.8 Å². The second-order valence-electron chi connectivity index (χ2n) is 3.21. The minimum atomic E-state index is -0.527. The first kappa shape index (κ1) is 9.79. The van der Waals surface area contributed by atoms with Crippen LogP contribution >= 0.6 is 11.8 Å². The van der Waals surface area contributed by atoms with Gasteiger partial charge in [-0.15, -0.1) is 0 Å². The zero-order chi connectivity index (χ0) is 9.97. The van der Waals surface area contributed by atoms with Gasteiger partial charge in [0.25, 0.3) is 0 Å². The summed E-state index contributed by atoms with van der Waals surface area (Å²) in [4.78, 5) is 22.3. The first-order valence-electron chi connectivity index (χ1n) is 4.47. The Hall–Kier alpha value is -0.750. The summed E-state index contributed by atoms with van der Waals surface area (Å²) in [5, 5.41) is 2.54. The summed E-state index contributed by atoms with van der Waals surface area (Å²) in [6, 6.07) is -0.368. The lowest BCUT2D eigenvalue weighted by Crippen LogP contribution is -2.37. The van der Waals surface area contributed by atoms with E-state index in [2.05, 4.69) is 5.32 Å². The van der Waals surface area contributed by atoms with Crippen LogP contribution in [0.15, 0.2) is 0 Å². The second-order valence-corrected chi connectivity index (χ2v) is 4.31. The predicted octanol–water partition coefficient (Wildman–Crippen LogP) is 0.143. The fourth-order valence-electron chi connectivity index (χ4n) is 1.14. The standard InChI is InChI=1S/C8H11NO4S/c10-7-6(1-2-14-7)9-8(11)13-4-5-3-12-5/h5-6H,1-4H2,(H,9,11)/t5-,6-/m0/s1. The largest absolute Gasteiger partial charge is 0.447 e. The van der Waals surface area contributed by atoms with Crippen LogP contribution in [0, 0.1) is 0 Å². The number of alkyl carbamates (subject to hydrolysis) is 1. The maximum Gasteiger partial charge on any atom is 0.407 e. The quantitative estimate of drug-likeness (QED) is 0.681. The number of rotatable bonds is 3. The zero-order valence-corrected chi connectivity index (χ0v) is 8.34. The van der Waals surface area contributed by atoms with E-state index >= 15 is 0 Å². The fourth-order valence-corrected chi connectivity index (χ4v) is 2.08. The number of hydrogen-bond acceptors (Lipinski definition) is 5. The van der Waals surface area contributed by atoms with E-state index in [1.54, 1.807) is 0 Å². The van der Waals surface area contributed by atoms with Crippen molar-refractivity contribution in [2.75, 3.05) is 19.0 Å². The van der Waals surface area contributed by atoms with Gasteiger partial charge in [-0.25, -0.2) is 4.79 Å². The molecule has 1 N–H and O–H groups in total. The maximum absolute atomic E-state index is 11.1. The van der Waals surface area contributed by atoms with Gasteiger partial charge in [0, 0.05) is 5.75 Å². The molecule has 2 fully saturated rings. The molecule has 2 saturated heterocycles. The molecular weight excluding hydrogens is 206 g/mol. The molecule has 0 aromatic carbocycles. The van der Waals surface area contributed by atoms with E-state index < -0.39 is 6.09 Å². The van der Waals surface area contributed by atoms with Crippen LogP contribution in [0.2, 0.25) is 0 Å². The third kappa shape index (κ3) is 2.62. The SMILES string of the molecule is O=C(N[C@H]1CCSC1=O)OC[C@@H]1CO1. The van der Waals surface area contributed by atoms with Gasteiger partial charge in [-0.3, -0.25) is 4.79 Å². The van der Waals surface area contributed by atoms with E-state index in [0.717, 1.165) is 5.75 Å². The van der Waals surface area contributed by atoms with E-state index in [0.29, 0.717) is 13.0 Å². The van der Waals surface area contributed by atoms with Crippen molar-refractivity contribution in [3.05, 3.63) is 0 Å². The highest BCUT2D eigenvalue weighted by Crippen LogP contribution is 2.19. The Morgan fingerprint density at radius 2 is 2.50 bits per heavy atom. The van der Waals surface area contributed by atoms with Crippen LogP contribution in [0.5, 0.6) is 0 Å². The van der Waals surface area contributed by atoms with Gasteiger partial charge >= 0.3 is 6.09 Å². The normalized spacial score (nSPS) is 30.1. The summed E-state index contributed by atoms with van der Waals surface area (Å²) in [5.41, 5.74) is 0. The molecule has 0 bridgehead atoms. The first-order chi connectivity index (χ1) is 6.75. The summed E-state index contributed by atoms with van der Waals surface area (Å²) in [6.07, 6.45) is 0.231. The molecule has 5 nitrogen and oxygen atoms in total. The fraction of sp³-hybridized carbons (Fsp3) is 0.750. The molecule has 2 aliphatic rings. The Bertz CT molecular complexity index is 254. The zero-order valence-electron chi connectivity index (χ0n) is 7.52. The van der Waals surface area contributed by atoms with E-state index in [-0.39, 0.29) is 23.9 Å². The monoisotopic (exact) mass is 217 g/mol. The summed E-state index contributed by atoms with van der Waals surface area (Å²) in [7, 11) is 0. The summed E-state index contributed by atoms with van der Waals surface area (Å²) >= 11 is 1.25. The van der Waals surface area contributed by atoms with Crippen LogP contribution in [-0.2, 0) is 14.3 Å². The van der Waals surface area contributed by atoms with Crippen LogP contribution in [0.25, 0.3) is 0 Å². The van der Waals surface area contributed by atoms with Crippen LogP contribution in [0.1, 0.15) is 6.42 Å². The Morgan fingerprint density at radius 3 is 3.07 bits per heavy atom. The number of ether oxygens (including phenoxy) is 2. The number of epoxide rings is 1. The molecule has 0 unspecified atom stereocenters. The van der Waals surface area contributed by atoms with Gasteiger partial charge in [-0.2, -0.15) is 0 Å². The van der Waals surface area contributed by atoms with Gasteiger partial charge in [0.2, 0.25) is 5.12 Å². The number of hydrogen-bond donors (Lipinski definition) is 1. The van der Waals surface area contributed by atoms with Crippen LogP contribution in [-0.4, -0.2) is 42.3 Å². The van der Waals surface area contributed by atoms with Gasteiger partial charge in [0.05, 0.1) is 6.61 Å². The highest BCUT2D eigenvalue weighted by molar-refractivity contribution is 8.14. The van der Waals surface area contributed by atoms with Crippen molar-refractivity contribution in [3.63, 3.8) is 0 Å². The highest BCUT2D eigenvalue weighted by atomic mass is 32.2. The number of nitrogens with one attached hydrogen (secondary N) is 1. The summed E-state index contributed by atoms with van der Waals surface area (Å²) in [6.45, 7) is 0.936. The van der Waals surface area contributed by atoms with Gasteiger partial charge in [-0.1, -0.05) is 11.8 Å². The number of thioether (sulfide) groups is 1. The highest BCUT2D eigenvalue weighted by Gasteiger charge is 2.29. The molecule has 0 aromatic heterocycles. The average Bonchev–Trinajstić information content (AvgIpc) is 2.90. The molecule has 78 valence electrons. The van der Waals surface area contributed by atoms with Crippen molar-refractivity contribution in [2.45, 2.75) is 18.6 Å². The molecule has 0 aromatic rings. The van der Waals surface area contributed by atoms with Crippen molar-refractivity contribution in [3.8, 4) is 0 Å². The molecule has 2 aliphatic heterocycles. The minimum absolute atomic E-state index is 0.0182. The third-order valence-electron chi connectivity index (χ3n) is 2.03. The summed E-state index contributed by atoms with van der Waals surface area (Å²) < 4.78 is 9.71. The topological polar surface area (TPSA) is 67.9 Å². The molecule has 14 heavy (non-hydrogen) atoms. The smallest absolute Gasteiger partial charge is 0.407 e. The Labute approximate surface area is 85.5 Å². The number of amides is 1. The summed E-state index contributed by atoms with van der Waals surface area (Å²) in [5.74, 6) is 0.773. The Kier molecular flexibility index (Phi) is 2.93. The molecule has 6 heteroatoms. The van der Waals surface area contributed by atoms with Crippen molar-refractivity contribution in [1.29, 1.82) is 0 Å². The number of carbonyl (C=O) groups excluding carboxylic acids is 2. The van der Waals surface area contributed by atoms with E-state index in [9.17, 15) is 9.59 Å². The lowest BCUT2D eigenvalue weighted by molar-refractivity contribution is -0.112. The lowest BCUT2D eigenvalue weighted by atomic mass is 10.3. The minimum Gasteiger partial charge on any atom is -0.447 e. The van der Waals surface area contributed by atoms with Crippen LogP contribution in [0.4, 0.5) is 4.79 Å². The molecule has 0 spiro atoms. The van der Waals surface area contributed by atoms with Crippen molar-refractivity contribution in [2.24, 2.45) is 0 Å². The van der Waals surface area contributed by atoms with Crippen molar-refractivity contribution >= 4 is 23.0 Å². The molecule has 2 heterocycles. The molecular formula is C8H11NO4S. The average molecular weight is 217 g/mol. The van der Waals surface area contributed by atoms with Gasteiger partial charge < -0.3 is 14.8 Å². The maximum atomic E-state index is 11.1. The van der Waals surface area contributed by atoms with Crippen molar-refractivity contribution in [1.82, 2.24) is 5.32 Å². The molecule has 0 aliphatic carbocycles. The van der Waals surface area contributed by atoms with Gasteiger partial charge in [0.1, 0.15) is 18.8 Å². The molecule has 0 saturated carbocycles. The second kappa shape index (κ2) is 4.18. The van der Waals surface area contributed by atoms with Crippen LogP contribution < -0.4 is 5.32 Å². The molecule has 2 rings (SSSR count). The Morgan fingerprint density at radius 1 is 1.71 bits per heavy atom. The number of carbonyl (C=O) groups is 2. The van der Waals surface area contributed by atoms with Crippen molar-refractivity contribution < 1.29 is 19.1 Å². The van der Waals surface area contributed by atoms with E-state index in [1.807, 2.05) is 0 Å². The molecule has 2 atom stereocenters. The predicted molar refractivity (Wildman–Crippen MR) is 50.1 cm³/mol. The Balaban J connectivity index is 1.67. The molecule has 1 amide bonds. The first-order valence-corrected chi connectivity index (χ1v) is 5.46. The lowest BCUT2D eigenvalue weighted by Gasteiger charge is -2.09. The van der Waals surface area contributed by atoms with Crippen LogP contribution in [0.3, 0.4) is 0 Å². The van der Waals surface area contributed by atoms with E-state index in [4.69, 9.17) is 9.47 Å². The van der Waals surface area contributed by atoms with Gasteiger partial charge in [0.15, 0.2) is 0 Å². The van der Waals surface area contributed by atoms with Gasteiger partial charge in [-0.05, 0) is 6.42 Å². The third-order valence-corrected chi connectivity index (χ3v) is 3.04. The molecule has 0 radical (unpaired) electrons.